The monoisotopic (exact) mass is 254 g/mol. The minimum Gasteiger partial charge on any atom is -0.468 e. The molecule has 1 fully saturated rings. The van der Waals surface area contributed by atoms with Crippen molar-refractivity contribution in [1.29, 1.82) is 0 Å². The predicted octanol–water partition coefficient (Wildman–Crippen LogP) is 2.15. The number of hydrogen-bond acceptors (Lipinski definition) is 4. The summed E-state index contributed by atoms with van der Waals surface area (Å²) in [6.45, 7) is 3.47. The molecule has 1 unspecified atom stereocenters. The Kier molecular flexibility index (Phi) is 5.51. The Bertz CT molecular complexity index is 327. The molecule has 0 heterocycles. The molecule has 0 N–H and O–H groups in total. The molecule has 0 aromatic heterocycles. The number of hydrogen-bond donors (Lipinski definition) is 0. The van der Waals surface area contributed by atoms with Gasteiger partial charge in [0.05, 0.1) is 7.11 Å². The molecule has 0 saturated heterocycles. The normalized spacial score (nSPS) is 17.8. The maximum atomic E-state index is 12.0. The Labute approximate surface area is 108 Å². The highest BCUT2D eigenvalue weighted by molar-refractivity contribution is 6.03. The maximum absolute atomic E-state index is 12.0. The molecule has 0 aliphatic heterocycles. The van der Waals surface area contributed by atoms with Crippen molar-refractivity contribution in [1.82, 2.24) is 0 Å². The Morgan fingerprint density at radius 2 is 1.72 bits per heavy atom. The first-order valence-corrected chi connectivity index (χ1v) is 6.61. The van der Waals surface area contributed by atoms with E-state index in [1.165, 1.54) is 7.11 Å². The molecule has 102 valence electrons. The molecule has 1 atom stereocenters. The number of ether oxygens (including phenoxy) is 1. The molecule has 18 heavy (non-hydrogen) atoms. The lowest BCUT2D eigenvalue weighted by molar-refractivity contribution is -0.152. The molecule has 4 heteroatoms. The van der Waals surface area contributed by atoms with Crippen molar-refractivity contribution < 1.29 is 19.1 Å². The lowest BCUT2D eigenvalue weighted by Crippen LogP contribution is -2.32. The van der Waals surface area contributed by atoms with Crippen molar-refractivity contribution in [2.45, 2.75) is 46.0 Å². The van der Waals surface area contributed by atoms with E-state index in [2.05, 4.69) is 4.74 Å². The first-order valence-electron chi connectivity index (χ1n) is 6.61. The third-order valence-electron chi connectivity index (χ3n) is 3.61. The average molecular weight is 254 g/mol. The molecule has 0 spiro atoms. The van der Waals surface area contributed by atoms with Crippen molar-refractivity contribution in [3.8, 4) is 0 Å². The van der Waals surface area contributed by atoms with Gasteiger partial charge in [-0.05, 0) is 12.8 Å². The van der Waals surface area contributed by atoms with Crippen LogP contribution in [0.25, 0.3) is 0 Å². The molecule has 0 bridgehead atoms. The van der Waals surface area contributed by atoms with Gasteiger partial charge in [0.15, 0.2) is 0 Å². The SMILES string of the molecule is COC(=O)C(CC(=O)C1CCCC1)C(=O)C(C)C. The van der Waals surface area contributed by atoms with E-state index in [-0.39, 0.29) is 29.8 Å². The van der Waals surface area contributed by atoms with Crippen LogP contribution in [0.15, 0.2) is 0 Å². The van der Waals surface area contributed by atoms with Crippen LogP contribution in [0.4, 0.5) is 0 Å². The standard InChI is InChI=1S/C14H22O4/c1-9(2)13(16)11(14(17)18-3)8-12(15)10-6-4-5-7-10/h9-11H,4-8H2,1-3H3. The van der Waals surface area contributed by atoms with E-state index in [0.717, 1.165) is 25.7 Å². The van der Waals surface area contributed by atoms with E-state index in [1.54, 1.807) is 13.8 Å². The second-order valence-corrected chi connectivity index (χ2v) is 5.28. The molecule has 0 radical (unpaired) electrons. The number of esters is 1. The Hall–Kier alpha value is -1.19. The van der Waals surface area contributed by atoms with Crippen molar-refractivity contribution in [3.05, 3.63) is 0 Å². The van der Waals surface area contributed by atoms with Gasteiger partial charge < -0.3 is 4.74 Å². The predicted molar refractivity (Wildman–Crippen MR) is 66.9 cm³/mol. The fourth-order valence-electron chi connectivity index (χ4n) is 2.46. The average Bonchev–Trinajstić information content (AvgIpc) is 2.87. The van der Waals surface area contributed by atoms with Crippen LogP contribution in [0.2, 0.25) is 0 Å². The fourth-order valence-corrected chi connectivity index (χ4v) is 2.46. The van der Waals surface area contributed by atoms with E-state index in [9.17, 15) is 14.4 Å². The quantitative estimate of drug-likeness (QED) is 0.538. The van der Waals surface area contributed by atoms with Gasteiger partial charge in [0.25, 0.3) is 0 Å². The molecule has 0 amide bonds. The van der Waals surface area contributed by atoms with Gasteiger partial charge in [-0.3, -0.25) is 14.4 Å². The summed E-state index contributed by atoms with van der Waals surface area (Å²) in [5, 5.41) is 0. The number of ketones is 2. The number of Topliss-reactive ketones (excluding diaryl/α,β-unsaturated/α-hetero) is 2. The molecule has 0 aromatic carbocycles. The largest absolute Gasteiger partial charge is 0.468 e. The van der Waals surface area contributed by atoms with Gasteiger partial charge in [-0.15, -0.1) is 0 Å². The Balaban J connectivity index is 2.68. The molecule has 1 saturated carbocycles. The molecule has 1 aliphatic rings. The maximum Gasteiger partial charge on any atom is 0.316 e. The van der Waals surface area contributed by atoms with Gasteiger partial charge in [-0.2, -0.15) is 0 Å². The number of carbonyl (C=O) groups is 3. The van der Waals surface area contributed by atoms with Crippen LogP contribution in [0, 0.1) is 17.8 Å². The van der Waals surface area contributed by atoms with Gasteiger partial charge in [0.1, 0.15) is 17.5 Å². The highest BCUT2D eigenvalue weighted by Gasteiger charge is 2.34. The van der Waals surface area contributed by atoms with E-state index >= 15 is 0 Å². The summed E-state index contributed by atoms with van der Waals surface area (Å²) in [5.74, 6) is -1.88. The van der Waals surface area contributed by atoms with E-state index in [0.29, 0.717) is 0 Å². The first-order chi connectivity index (χ1) is 8.47. The molecular weight excluding hydrogens is 232 g/mol. The Morgan fingerprint density at radius 3 is 2.17 bits per heavy atom. The van der Waals surface area contributed by atoms with Crippen molar-refractivity contribution in [3.63, 3.8) is 0 Å². The number of carbonyl (C=O) groups excluding carboxylic acids is 3. The summed E-state index contributed by atoms with van der Waals surface area (Å²) >= 11 is 0. The lowest BCUT2D eigenvalue weighted by atomic mass is 9.87. The molecule has 4 nitrogen and oxygen atoms in total. The second kappa shape index (κ2) is 6.66. The van der Waals surface area contributed by atoms with Crippen LogP contribution in [-0.2, 0) is 19.1 Å². The van der Waals surface area contributed by atoms with Gasteiger partial charge in [0.2, 0.25) is 0 Å². The third-order valence-corrected chi connectivity index (χ3v) is 3.61. The van der Waals surface area contributed by atoms with Crippen LogP contribution in [0.1, 0.15) is 46.0 Å². The summed E-state index contributed by atoms with van der Waals surface area (Å²) in [4.78, 5) is 35.6. The summed E-state index contributed by atoms with van der Waals surface area (Å²) in [6, 6.07) is 0. The van der Waals surface area contributed by atoms with Crippen molar-refractivity contribution in [2.24, 2.45) is 17.8 Å². The van der Waals surface area contributed by atoms with E-state index < -0.39 is 11.9 Å². The summed E-state index contributed by atoms with van der Waals surface area (Å²) in [6.07, 6.45) is 3.92. The number of rotatable bonds is 6. The third kappa shape index (κ3) is 3.65. The zero-order valence-corrected chi connectivity index (χ0v) is 11.4. The smallest absolute Gasteiger partial charge is 0.316 e. The van der Waals surface area contributed by atoms with E-state index in [4.69, 9.17) is 0 Å². The van der Waals surface area contributed by atoms with Gasteiger partial charge in [0, 0.05) is 18.3 Å². The van der Waals surface area contributed by atoms with Gasteiger partial charge >= 0.3 is 5.97 Å². The summed E-state index contributed by atoms with van der Waals surface area (Å²) in [7, 11) is 1.25. The van der Waals surface area contributed by atoms with Crippen LogP contribution >= 0.6 is 0 Å². The Morgan fingerprint density at radius 1 is 1.17 bits per heavy atom. The van der Waals surface area contributed by atoms with Crippen molar-refractivity contribution >= 4 is 17.5 Å². The first kappa shape index (κ1) is 14.9. The molecule has 1 rings (SSSR count). The van der Waals surface area contributed by atoms with Gasteiger partial charge in [-0.1, -0.05) is 26.7 Å². The van der Waals surface area contributed by atoms with Crippen LogP contribution in [0.3, 0.4) is 0 Å². The minimum absolute atomic E-state index is 0.00829. The summed E-state index contributed by atoms with van der Waals surface area (Å²) < 4.78 is 4.64. The fraction of sp³-hybridized carbons (Fsp3) is 0.786. The zero-order chi connectivity index (χ0) is 13.7. The van der Waals surface area contributed by atoms with E-state index in [1.807, 2.05) is 0 Å². The van der Waals surface area contributed by atoms with Crippen molar-refractivity contribution in [2.75, 3.05) is 7.11 Å². The second-order valence-electron chi connectivity index (χ2n) is 5.28. The number of methoxy groups -OCH3 is 1. The van der Waals surface area contributed by atoms with Crippen LogP contribution in [0.5, 0.6) is 0 Å². The lowest BCUT2D eigenvalue weighted by Gasteiger charge is -2.16. The zero-order valence-electron chi connectivity index (χ0n) is 11.4. The van der Waals surface area contributed by atoms with Crippen LogP contribution in [-0.4, -0.2) is 24.6 Å². The van der Waals surface area contributed by atoms with Crippen LogP contribution < -0.4 is 0 Å². The highest BCUT2D eigenvalue weighted by atomic mass is 16.5. The topological polar surface area (TPSA) is 60.4 Å². The highest BCUT2D eigenvalue weighted by Crippen LogP contribution is 2.28. The molecule has 0 aromatic rings. The molecule has 1 aliphatic carbocycles. The summed E-state index contributed by atoms with van der Waals surface area (Å²) in [5.41, 5.74) is 0. The minimum atomic E-state index is -0.914. The molecular formula is C14H22O4. The van der Waals surface area contributed by atoms with Gasteiger partial charge in [-0.25, -0.2) is 0 Å².